The van der Waals surface area contributed by atoms with E-state index in [1.54, 1.807) is 163 Å². The fourth-order valence-electron chi connectivity index (χ4n) is 13.7. The standard InChI is InChI=1S/4C19H7Cl2N3O.6CH3Br/c2*20-12-4-2-10-16-11(3-5-13(21)17(12)16)19(25)24-15-6-1-9(8-22)7-14(15)23-18(10)24;2*20-12-4-2-10-16-11(3-5-13(21)17(12)16)19(25)24-15-7-9(8-22)1-6-14(15)23-18(10)24;6*1-2/h4*1-7H;6*1H3. The number of nitrogens with zero attached hydrogens (tertiary/aromatic N) is 12. The van der Waals surface area contributed by atoms with E-state index in [9.17, 15) is 19.2 Å². The average molecular weight is 2030 g/mol. The quantitative estimate of drug-likeness (QED) is 0.129. The van der Waals surface area contributed by atoms with Crippen LogP contribution in [0.2, 0.25) is 40.2 Å². The van der Waals surface area contributed by atoms with E-state index < -0.39 is 0 Å². The number of benzene rings is 12. The summed E-state index contributed by atoms with van der Waals surface area (Å²) >= 11 is 68.2. The molecule has 0 unspecified atom stereocenters. The van der Waals surface area contributed by atoms with Crippen LogP contribution in [0.3, 0.4) is 0 Å². The van der Waals surface area contributed by atoms with Gasteiger partial charge in [-0.1, -0.05) is 188 Å². The lowest BCUT2D eigenvalue weighted by Gasteiger charge is -2.09. The van der Waals surface area contributed by atoms with Crippen LogP contribution in [0, 0.1) is 45.3 Å². The van der Waals surface area contributed by atoms with Crippen molar-refractivity contribution in [2.75, 3.05) is 35.0 Å². The highest BCUT2D eigenvalue weighted by atomic mass is 79.9. The molecule has 16 nitrogen and oxygen atoms in total. The Hall–Kier alpha value is -8.60. The number of hydrogen-bond acceptors (Lipinski definition) is 12. The molecule has 30 heteroatoms. The molecule has 0 saturated carbocycles. The lowest BCUT2D eigenvalue weighted by Crippen LogP contribution is -2.13. The van der Waals surface area contributed by atoms with Crippen molar-refractivity contribution in [1.29, 1.82) is 21.0 Å². The summed E-state index contributed by atoms with van der Waals surface area (Å²) in [4.78, 5) is 70.9. The highest BCUT2D eigenvalue weighted by molar-refractivity contribution is 9.09. The van der Waals surface area contributed by atoms with Crippen LogP contribution < -0.4 is 22.2 Å². The molecule has 0 aliphatic carbocycles. The van der Waals surface area contributed by atoms with E-state index in [0.29, 0.717) is 194 Å². The number of rotatable bonds is 0. The second-order valence-corrected chi connectivity index (χ2v) is 26.6. The van der Waals surface area contributed by atoms with Crippen molar-refractivity contribution in [3.63, 3.8) is 0 Å². The summed E-state index contributed by atoms with van der Waals surface area (Å²) in [5, 5.41) is 51.2. The molecule has 8 aromatic heterocycles. The molecule has 112 heavy (non-hydrogen) atoms. The zero-order valence-corrected chi connectivity index (χ0v) is 74.0. The zero-order valence-electron chi connectivity index (χ0n) is 58.5. The second kappa shape index (κ2) is 35.8. The van der Waals surface area contributed by atoms with Gasteiger partial charge in [0.2, 0.25) is 0 Å². The predicted molar refractivity (Wildman–Crippen MR) is 489 cm³/mol. The number of nitriles is 4. The number of halogens is 14. The fraction of sp³-hybridized carbons (Fsp3) is 0.0732. The molecule has 20 rings (SSSR count). The highest BCUT2D eigenvalue weighted by Gasteiger charge is 2.24. The van der Waals surface area contributed by atoms with Crippen molar-refractivity contribution < 1.29 is 0 Å². The van der Waals surface area contributed by atoms with E-state index in [1.165, 1.54) is 0 Å². The monoisotopic (exact) mass is 2020 g/mol. The maximum Gasteiger partial charge on any atom is 0.264 e. The van der Waals surface area contributed by atoms with Crippen molar-refractivity contribution in [2.45, 2.75) is 0 Å². The SMILES string of the molecule is CBr.CBr.CBr.CBr.CBr.CBr.N#Cc1ccc2c(c1)nc1c3ccc(Cl)c4c(Cl)ccc(c(=O)n21)c43.N#Cc1ccc2c(c1)nc1c3ccc(Cl)c4c(Cl)ccc(c(=O)n21)c43.N#Cc1ccc2nc3c4ccc(Cl)c5c(Cl)ccc(c(=O)n3c2c1)c54.N#Cc1ccc2nc3c4ccc(Cl)c5c(Cl)ccc(c(=O)n3c2c1)c54. The summed E-state index contributed by atoms with van der Waals surface area (Å²) in [6.45, 7) is 0. The van der Waals surface area contributed by atoms with Gasteiger partial charge in [0.1, 0.15) is 22.6 Å². The minimum atomic E-state index is -0.205. The number of aromatic nitrogens is 8. The molecule has 0 saturated heterocycles. The third-order valence-electron chi connectivity index (χ3n) is 18.1. The van der Waals surface area contributed by atoms with Gasteiger partial charge in [0, 0.05) is 126 Å². The molecule has 8 heterocycles. The maximum absolute atomic E-state index is 13.1. The number of hydrogen-bond donors (Lipinski definition) is 0. The van der Waals surface area contributed by atoms with Crippen molar-refractivity contribution in [1.82, 2.24) is 37.5 Å². The highest BCUT2D eigenvalue weighted by Crippen LogP contribution is 2.43. The van der Waals surface area contributed by atoms with E-state index in [0.717, 1.165) is 21.5 Å². The van der Waals surface area contributed by atoms with Crippen LogP contribution in [0.4, 0.5) is 0 Å². The second-order valence-electron chi connectivity index (χ2n) is 23.3. The Morgan fingerprint density at radius 3 is 0.670 bits per heavy atom. The molecule has 20 aromatic rings. The zero-order chi connectivity index (χ0) is 81.2. The fourth-order valence-corrected chi connectivity index (χ4v) is 16.0. The van der Waals surface area contributed by atoms with E-state index in [2.05, 4.69) is 140 Å². The molecule has 0 N–H and O–H groups in total. The topological polar surface area (TPSA) is 233 Å². The molecule has 0 fully saturated rings. The smallest absolute Gasteiger partial charge is 0.264 e. The van der Waals surface area contributed by atoms with Gasteiger partial charge < -0.3 is 0 Å². The van der Waals surface area contributed by atoms with E-state index >= 15 is 0 Å². The first-order valence-corrected chi connectivity index (χ1v) is 44.7. The Morgan fingerprint density at radius 2 is 0.438 bits per heavy atom. The first kappa shape index (κ1) is 84.3. The molecule has 12 aromatic carbocycles. The molecule has 0 radical (unpaired) electrons. The first-order valence-electron chi connectivity index (χ1n) is 32.2. The largest absolute Gasteiger partial charge is 0.268 e. The summed E-state index contributed by atoms with van der Waals surface area (Å²) < 4.78 is 6.26. The Morgan fingerprint density at radius 1 is 0.241 bits per heavy atom. The van der Waals surface area contributed by atoms with E-state index in [-0.39, 0.29) is 22.2 Å². The van der Waals surface area contributed by atoms with Crippen LogP contribution in [0.5, 0.6) is 0 Å². The third-order valence-corrected chi connectivity index (χ3v) is 20.6. The Labute approximate surface area is 725 Å². The van der Waals surface area contributed by atoms with Gasteiger partial charge in [-0.15, -0.1) is 0 Å². The van der Waals surface area contributed by atoms with Gasteiger partial charge in [-0.05, 0) is 205 Å². The van der Waals surface area contributed by atoms with Gasteiger partial charge in [-0.25, -0.2) is 19.9 Å². The molecule has 0 aliphatic rings. The molecular formula is C82H46Br6Cl8N12O4. The van der Waals surface area contributed by atoms with Gasteiger partial charge in [0.25, 0.3) is 22.2 Å². The molecular weight excluding hydrogens is 1980 g/mol. The first-order chi connectivity index (χ1) is 54.4. The van der Waals surface area contributed by atoms with Crippen LogP contribution in [0.25, 0.3) is 153 Å². The van der Waals surface area contributed by atoms with Crippen LogP contribution in [0.15, 0.2) is 189 Å². The molecule has 556 valence electrons. The summed E-state index contributed by atoms with van der Waals surface area (Å²) in [6, 6.07) is 56.8. The van der Waals surface area contributed by atoms with Gasteiger partial charge >= 0.3 is 0 Å². The minimum absolute atomic E-state index is 0.182. The van der Waals surface area contributed by atoms with Crippen LogP contribution in [-0.2, 0) is 0 Å². The lowest BCUT2D eigenvalue weighted by molar-refractivity contribution is 1.19. The molecule has 0 aliphatic heterocycles. The van der Waals surface area contributed by atoms with Crippen molar-refractivity contribution in [3.05, 3.63) is 274 Å². The van der Waals surface area contributed by atoms with Crippen LogP contribution in [0.1, 0.15) is 22.3 Å². The number of fused-ring (bicyclic) bond motifs is 16. The van der Waals surface area contributed by atoms with Gasteiger partial charge in [-0.2, -0.15) is 21.0 Å². The molecule has 0 atom stereocenters. The Balaban J connectivity index is 0.000000141. The van der Waals surface area contributed by atoms with Crippen molar-refractivity contribution in [3.8, 4) is 24.3 Å². The van der Waals surface area contributed by atoms with Crippen LogP contribution in [-0.4, -0.2) is 72.5 Å². The number of alkyl halides is 6. The molecule has 0 spiro atoms. The average Bonchev–Trinajstić information content (AvgIpc) is 1.51. The summed E-state index contributed by atoms with van der Waals surface area (Å²) in [5.74, 6) is 10.9. The summed E-state index contributed by atoms with van der Waals surface area (Å²) in [7, 11) is 0. The number of pyridine rings is 4. The molecule has 0 amide bonds. The van der Waals surface area contributed by atoms with Gasteiger partial charge in [0.05, 0.1) is 90.7 Å². The minimum Gasteiger partial charge on any atom is -0.268 e. The van der Waals surface area contributed by atoms with E-state index in [1.807, 2.05) is 59.3 Å². The van der Waals surface area contributed by atoms with Crippen molar-refractivity contribution >= 4 is 341 Å². The Bertz CT molecular complexity index is 7020. The van der Waals surface area contributed by atoms with Gasteiger partial charge in [-0.3, -0.25) is 36.8 Å². The van der Waals surface area contributed by atoms with Gasteiger partial charge in [0.15, 0.2) is 0 Å². The van der Waals surface area contributed by atoms with E-state index in [4.69, 9.17) is 114 Å². The lowest BCUT2D eigenvalue weighted by atomic mass is 10.0. The normalized spacial score (nSPS) is 10.8. The predicted octanol–water partition coefficient (Wildman–Crippen LogP) is 25.1. The van der Waals surface area contributed by atoms with Crippen LogP contribution >= 0.6 is 188 Å². The maximum atomic E-state index is 13.1. The third kappa shape index (κ3) is 14.3. The summed E-state index contributed by atoms with van der Waals surface area (Å²) in [5.41, 5.74) is 8.39. The number of imidazole rings is 4. The summed E-state index contributed by atoms with van der Waals surface area (Å²) in [6.07, 6.45) is 0. The Kier molecular flexibility index (Phi) is 27.0. The molecule has 0 bridgehead atoms. The van der Waals surface area contributed by atoms with Crippen molar-refractivity contribution in [2.24, 2.45) is 0 Å².